The highest BCUT2D eigenvalue weighted by molar-refractivity contribution is 5.98. The van der Waals surface area contributed by atoms with E-state index in [4.69, 9.17) is 5.73 Å². The summed E-state index contributed by atoms with van der Waals surface area (Å²) in [4.78, 5) is 11.2. The molecule has 0 aliphatic heterocycles. The van der Waals surface area contributed by atoms with Crippen molar-refractivity contribution in [3.63, 3.8) is 0 Å². The largest absolute Gasteiger partial charge is 0.383 e. The second kappa shape index (κ2) is 3.25. The zero-order valence-electron chi connectivity index (χ0n) is 7.16. The third kappa shape index (κ3) is 1.39. The van der Waals surface area contributed by atoms with E-state index in [9.17, 15) is 4.79 Å². The number of carbonyl (C=O) groups excluding carboxylic acids is 1. The van der Waals surface area contributed by atoms with Crippen LogP contribution in [0.3, 0.4) is 0 Å². The number of aryl methyl sites for hydroxylation is 1. The van der Waals surface area contributed by atoms with Crippen molar-refractivity contribution in [2.75, 3.05) is 12.3 Å². The van der Waals surface area contributed by atoms with Crippen LogP contribution in [0.5, 0.6) is 0 Å². The molecule has 0 saturated carbocycles. The SMILES string of the molecule is CCNC(=O)c1cnn(C)c1N. The number of aromatic nitrogens is 2. The quantitative estimate of drug-likeness (QED) is 0.639. The Balaban J connectivity index is 2.88. The zero-order valence-corrected chi connectivity index (χ0v) is 7.16. The summed E-state index contributed by atoms with van der Waals surface area (Å²) >= 11 is 0. The fraction of sp³-hybridized carbons (Fsp3) is 0.429. The first-order valence-corrected chi connectivity index (χ1v) is 3.72. The number of nitrogens with two attached hydrogens (primary N) is 1. The van der Waals surface area contributed by atoms with Crippen molar-refractivity contribution < 1.29 is 4.79 Å². The second-order valence-corrected chi connectivity index (χ2v) is 2.43. The van der Waals surface area contributed by atoms with Crippen LogP contribution in [-0.4, -0.2) is 22.2 Å². The van der Waals surface area contributed by atoms with E-state index < -0.39 is 0 Å². The third-order valence-electron chi connectivity index (χ3n) is 1.57. The Bertz CT molecular complexity index is 292. The van der Waals surface area contributed by atoms with Crippen molar-refractivity contribution in [2.45, 2.75) is 6.92 Å². The van der Waals surface area contributed by atoms with E-state index in [0.29, 0.717) is 17.9 Å². The molecular formula is C7H12N4O. The van der Waals surface area contributed by atoms with E-state index in [1.807, 2.05) is 6.92 Å². The van der Waals surface area contributed by atoms with Crippen LogP contribution >= 0.6 is 0 Å². The van der Waals surface area contributed by atoms with E-state index in [1.165, 1.54) is 10.9 Å². The first-order chi connectivity index (χ1) is 5.66. The van der Waals surface area contributed by atoms with Crippen LogP contribution in [0.15, 0.2) is 6.20 Å². The van der Waals surface area contributed by atoms with Gasteiger partial charge in [0.15, 0.2) is 0 Å². The van der Waals surface area contributed by atoms with Crippen molar-refractivity contribution >= 4 is 11.7 Å². The molecule has 5 nitrogen and oxygen atoms in total. The smallest absolute Gasteiger partial charge is 0.256 e. The lowest BCUT2D eigenvalue weighted by Crippen LogP contribution is -2.23. The van der Waals surface area contributed by atoms with Gasteiger partial charge in [0.1, 0.15) is 11.4 Å². The molecule has 1 rings (SSSR count). The number of hydrogen-bond acceptors (Lipinski definition) is 3. The fourth-order valence-corrected chi connectivity index (χ4v) is 0.878. The molecule has 0 atom stereocenters. The average Bonchev–Trinajstić information content (AvgIpc) is 2.34. The molecule has 0 radical (unpaired) electrons. The van der Waals surface area contributed by atoms with Gasteiger partial charge < -0.3 is 11.1 Å². The second-order valence-electron chi connectivity index (χ2n) is 2.43. The number of anilines is 1. The van der Waals surface area contributed by atoms with E-state index in [2.05, 4.69) is 10.4 Å². The Morgan fingerprint density at radius 3 is 2.92 bits per heavy atom. The highest BCUT2D eigenvalue weighted by Gasteiger charge is 2.11. The van der Waals surface area contributed by atoms with E-state index >= 15 is 0 Å². The van der Waals surface area contributed by atoms with Crippen molar-refractivity contribution in [3.8, 4) is 0 Å². The molecular weight excluding hydrogens is 156 g/mol. The van der Waals surface area contributed by atoms with Gasteiger partial charge in [-0.25, -0.2) is 0 Å². The van der Waals surface area contributed by atoms with Crippen molar-refractivity contribution in [3.05, 3.63) is 11.8 Å². The van der Waals surface area contributed by atoms with E-state index in [0.717, 1.165) is 0 Å². The molecule has 0 unspecified atom stereocenters. The van der Waals surface area contributed by atoms with Gasteiger partial charge in [-0.1, -0.05) is 0 Å². The molecule has 5 heteroatoms. The number of rotatable bonds is 2. The molecule has 1 aromatic heterocycles. The Kier molecular flexibility index (Phi) is 2.32. The summed E-state index contributed by atoms with van der Waals surface area (Å²) in [5.74, 6) is 0.212. The third-order valence-corrected chi connectivity index (χ3v) is 1.57. The van der Waals surface area contributed by atoms with Crippen LogP contribution < -0.4 is 11.1 Å². The molecule has 3 N–H and O–H groups in total. The van der Waals surface area contributed by atoms with Crippen LogP contribution in [-0.2, 0) is 7.05 Å². The number of nitrogens with one attached hydrogen (secondary N) is 1. The Morgan fingerprint density at radius 1 is 1.83 bits per heavy atom. The highest BCUT2D eigenvalue weighted by Crippen LogP contribution is 2.07. The Hall–Kier alpha value is -1.52. The van der Waals surface area contributed by atoms with Crippen LogP contribution in [0.25, 0.3) is 0 Å². The molecule has 12 heavy (non-hydrogen) atoms. The summed E-state index contributed by atoms with van der Waals surface area (Å²) < 4.78 is 1.46. The maximum absolute atomic E-state index is 11.2. The summed E-state index contributed by atoms with van der Waals surface area (Å²) in [6, 6.07) is 0. The van der Waals surface area contributed by atoms with Gasteiger partial charge >= 0.3 is 0 Å². The van der Waals surface area contributed by atoms with E-state index in [-0.39, 0.29) is 5.91 Å². The summed E-state index contributed by atoms with van der Waals surface area (Å²) in [7, 11) is 1.69. The Morgan fingerprint density at radius 2 is 2.50 bits per heavy atom. The minimum atomic E-state index is -0.178. The van der Waals surface area contributed by atoms with E-state index in [1.54, 1.807) is 7.05 Å². The first kappa shape index (κ1) is 8.58. The van der Waals surface area contributed by atoms with Gasteiger partial charge in [-0.3, -0.25) is 9.48 Å². The maximum Gasteiger partial charge on any atom is 0.256 e. The summed E-state index contributed by atoms with van der Waals surface area (Å²) in [5, 5.41) is 6.49. The lowest BCUT2D eigenvalue weighted by atomic mass is 10.3. The molecule has 0 bridgehead atoms. The lowest BCUT2D eigenvalue weighted by molar-refractivity contribution is 0.0956. The lowest BCUT2D eigenvalue weighted by Gasteiger charge is -1.99. The van der Waals surface area contributed by atoms with Gasteiger partial charge in [-0.15, -0.1) is 0 Å². The van der Waals surface area contributed by atoms with Crippen LogP contribution in [0.4, 0.5) is 5.82 Å². The van der Waals surface area contributed by atoms with Gasteiger partial charge in [0.2, 0.25) is 0 Å². The van der Waals surface area contributed by atoms with Crippen molar-refractivity contribution in [2.24, 2.45) is 7.05 Å². The standard InChI is InChI=1S/C7H12N4O/c1-3-9-7(12)5-4-10-11(2)6(5)8/h4H,3,8H2,1-2H3,(H,9,12). The van der Waals surface area contributed by atoms with Crippen molar-refractivity contribution in [1.29, 1.82) is 0 Å². The van der Waals surface area contributed by atoms with Gasteiger partial charge in [-0.05, 0) is 6.92 Å². The summed E-state index contributed by atoms with van der Waals surface area (Å²) in [6.45, 7) is 2.44. The molecule has 0 aliphatic rings. The van der Waals surface area contributed by atoms with Crippen molar-refractivity contribution in [1.82, 2.24) is 15.1 Å². The Labute approximate surface area is 70.5 Å². The minimum Gasteiger partial charge on any atom is -0.383 e. The molecule has 1 heterocycles. The van der Waals surface area contributed by atoms with Gasteiger partial charge in [0.05, 0.1) is 6.20 Å². The molecule has 0 saturated heterocycles. The molecule has 1 amide bonds. The monoisotopic (exact) mass is 168 g/mol. The number of carbonyl (C=O) groups is 1. The number of nitrogen functional groups attached to an aromatic ring is 1. The topological polar surface area (TPSA) is 72.9 Å². The fourth-order valence-electron chi connectivity index (χ4n) is 0.878. The molecule has 0 spiro atoms. The predicted molar refractivity (Wildman–Crippen MR) is 45.6 cm³/mol. The van der Waals surface area contributed by atoms with Gasteiger partial charge in [0, 0.05) is 13.6 Å². The molecule has 1 aromatic rings. The van der Waals surface area contributed by atoms with Gasteiger partial charge in [-0.2, -0.15) is 5.10 Å². The first-order valence-electron chi connectivity index (χ1n) is 3.72. The predicted octanol–water partition coefficient (Wildman–Crippen LogP) is -0.248. The maximum atomic E-state index is 11.2. The number of hydrogen-bond donors (Lipinski definition) is 2. The number of nitrogens with zero attached hydrogens (tertiary/aromatic N) is 2. The molecule has 0 aromatic carbocycles. The molecule has 66 valence electrons. The molecule has 0 fully saturated rings. The highest BCUT2D eigenvalue weighted by atomic mass is 16.1. The van der Waals surface area contributed by atoms with Gasteiger partial charge in [0.25, 0.3) is 5.91 Å². The summed E-state index contributed by atoms with van der Waals surface area (Å²) in [6.07, 6.45) is 1.46. The van der Waals surface area contributed by atoms with Crippen LogP contribution in [0.2, 0.25) is 0 Å². The van der Waals surface area contributed by atoms with Crippen LogP contribution in [0.1, 0.15) is 17.3 Å². The zero-order chi connectivity index (χ0) is 9.14. The number of amides is 1. The average molecular weight is 168 g/mol. The minimum absolute atomic E-state index is 0.178. The normalized spacial score (nSPS) is 9.83. The van der Waals surface area contributed by atoms with Crippen LogP contribution in [0, 0.1) is 0 Å². The summed E-state index contributed by atoms with van der Waals surface area (Å²) in [5.41, 5.74) is 6.00. The molecule has 0 aliphatic carbocycles.